The number of rotatable bonds is 5. The Morgan fingerprint density at radius 2 is 1.76 bits per heavy atom. The number of hydrogen-bond donors (Lipinski definition) is 2. The maximum absolute atomic E-state index is 6.11. The summed E-state index contributed by atoms with van der Waals surface area (Å²) in [5.74, 6) is 0. The third-order valence-corrected chi connectivity index (χ3v) is 3.96. The van der Waals surface area contributed by atoms with E-state index in [1.54, 1.807) is 6.07 Å². The topological polar surface area (TPSA) is 38.0 Å². The van der Waals surface area contributed by atoms with Gasteiger partial charge >= 0.3 is 0 Å². The molecule has 2 rings (SSSR count). The second-order valence-corrected chi connectivity index (χ2v) is 5.71. The Morgan fingerprint density at radius 1 is 1.14 bits per heavy atom. The van der Waals surface area contributed by atoms with Crippen molar-refractivity contribution in [2.45, 2.75) is 26.7 Å². The molecular formula is C17H19ClN2S. The van der Waals surface area contributed by atoms with Crippen molar-refractivity contribution in [1.82, 2.24) is 0 Å². The van der Waals surface area contributed by atoms with Crippen LogP contribution >= 0.6 is 23.8 Å². The third kappa shape index (κ3) is 3.55. The zero-order valence-electron chi connectivity index (χ0n) is 12.2. The van der Waals surface area contributed by atoms with E-state index in [1.807, 2.05) is 12.1 Å². The zero-order valence-corrected chi connectivity index (χ0v) is 13.8. The average molecular weight is 319 g/mol. The van der Waals surface area contributed by atoms with E-state index in [0.717, 1.165) is 29.8 Å². The van der Waals surface area contributed by atoms with Gasteiger partial charge in [-0.15, -0.1) is 0 Å². The van der Waals surface area contributed by atoms with Gasteiger partial charge in [-0.2, -0.15) is 0 Å². The Kier molecular flexibility index (Phi) is 5.21. The Morgan fingerprint density at radius 3 is 2.29 bits per heavy atom. The van der Waals surface area contributed by atoms with E-state index < -0.39 is 0 Å². The molecular weight excluding hydrogens is 300 g/mol. The molecule has 0 spiro atoms. The van der Waals surface area contributed by atoms with Gasteiger partial charge in [0.1, 0.15) is 4.99 Å². The summed E-state index contributed by atoms with van der Waals surface area (Å²) >= 11 is 11.2. The highest BCUT2D eigenvalue weighted by atomic mass is 35.5. The molecule has 2 aromatic rings. The largest absolute Gasteiger partial charge is 0.389 e. The first-order chi connectivity index (χ1) is 10.1. The Balaban J connectivity index is 2.52. The van der Waals surface area contributed by atoms with Crippen molar-refractivity contribution in [2.75, 3.05) is 5.32 Å². The van der Waals surface area contributed by atoms with Gasteiger partial charge in [0, 0.05) is 16.3 Å². The third-order valence-electron chi connectivity index (χ3n) is 3.51. The first kappa shape index (κ1) is 15.8. The lowest BCUT2D eigenvalue weighted by Gasteiger charge is -2.18. The van der Waals surface area contributed by atoms with Gasteiger partial charge in [0.15, 0.2) is 0 Å². The molecule has 0 amide bonds. The molecule has 2 aromatic carbocycles. The standard InChI is InChI=1S/C17H19ClN2S/c1-3-11-6-5-7-12(4-2)16(11)20-15-10-13(18)8-9-14(15)17(19)21/h5-10,20H,3-4H2,1-2H3,(H2,19,21). The van der Waals surface area contributed by atoms with Crippen LogP contribution in [0, 0.1) is 0 Å². The molecule has 0 atom stereocenters. The average Bonchev–Trinajstić information content (AvgIpc) is 2.47. The molecule has 110 valence electrons. The van der Waals surface area contributed by atoms with Crippen LogP contribution in [0.15, 0.2) is 36.4 Å². The number of aryl methyl sites for hydroxylation is 2. The normalized spacial score (nSPS) is 10.4. The second kappa shape index (κ2) is 6.92. The molecule has 0 aromatic heterocycles. The lowest BCUT2D eigenvalue weighted by molar-refractivity contribution is 1.09. The van der Waals surface area contributed by atoms with Gasteiger partial charge in [0.05, 0.1) is 5.69 Å². The van der Waals surface area contributed by atoms with Crippen molar-refractivity contribution in [3.63, 3.8) is 0 Å². The molecule has 0 fully saturated rings. The lowest BCUT2D eigenvalue weighted by Crippen LogP contribution is -2.12. The number of hydrogen-bond acceptors (Lipinski definition) is 2. The highest BCUT2D eigenvalue weighted by molar-refractivity contribution is 7.80. The molecule has 0 saturated heterocycles. The van der Waals surface area contributed by atoms with Crippen molar-refractivity contribution in [1.29, 1.82) is 0 Å². The van der Waals surface area contributed by atoms with Crippen LogP contribution in [-0.4, -0.2) is 4.99 Å². The van der Waals surface area contributed by atoms with Crippen molar-refractivity contribution >= 4 is 40.2 Å². The minimum Gasteiger partial charge on any atom is -0.389 e. The van der Waals surface area contributed by atoms with Gasteiger partial charge in [-0.05, 0) is 42.2 Å². The minimum atomic E-state index is 0.362. The fraction of sp³-hybridized carbons (Fsp3) is 0.235. The van der Waals surface area contributed by atoms with Gasteiger partial charge in [-0.25, -0.2) is 0 Å². The van der Waals surface area contributed by atoms with Gasteiger partial charge in [0.2, 0.25) is 0 Å². The maximum Gasteiger partial charge on any atom is 0.106 e. The Labute approximate surface area is 136 Å². The molecule has 2 nitrogen and oxygen atoms in total. The molecule has 3 N–H and O–H groups in total. The van der Waals surface area contributed by atoms with Gasteiger partial charge in [-0.3, -0.25) is 0 Å². The van der Waals surface area contributed by atoms with E-state index in [-0.39, 0.29) is 0 Å². The van der Waals surface area contributed by atoms with E-state index in [1.165, 1.54) is 11.1 Å². The highest BCUT2D eigenvalue weighted by Crippen LogP contribution is 2.30. The summed E-state index contributed by atoms with van der Waals surface area (Å²) in [4.78, 5) is 0.362. The van der Waals surface area contributed by atoms with Crippen molar-refractivity contribution in [3.8, 4) is 0 Å². The minimum absolute atomic E-state index is 0.362. The van der Waals surface area contributed by atoms with Crippen LogP contribution in [0.25, 0.3) is 0 Å². The number of para-hydroxylation sites is 1. The zero-order chi connectivity index (χ0) is 15.4. The van der Waals surface area contributed by atoms with Crippen molar-refractivity contribution in [3.05, 3.63) is 58.1 Å². The van der Waals surface area contributed by atoms with Crippen molar-refractivity contribution < 1.29 is 0 Å². The van der Waals surface area contributed by atoms with E-state index in [9.17, 15) is 0 Å². The molecule has 0 aliphatic rings. The predicted octanol–water partition coefficient (Wildman–Crippen LogP) is 4.84. The van der Waals surface area contributed by atoms with Crippen LogP contribution in [0.3, 0.4) is 0 Å². The number of nitrogens with two attached hydrogens (primary N) is 1. The molecule has 0 heterocycles. The molecule has 21 heavy (non-hydrogen) atoms. The van der Waals surface area contributed by atoms with E-state index >= 15 is 0 Å². The molecule has 0 saturated carbocycles. The van der Waals surface area contributed by atoms with Crippen LogP contribution < -0.4 is 11.1 Å². The second-order valence-electron chi connectivity index (χ2n) is 4.84. The number of halogens is 1. The number of benzene rings is 2. The number of nitrogens with one attached hydrogen (secondary N) is 1. The SMILES string of the molecule is CCc1cccc(CC)c1Nc1cc(Cl)ccc1C(N)=S. The van der Waals surface area contributed by atoms with Crippen LogP contribution in [0.4, 0.5) is 11.4 Å². The van der Waals surface area contributed by atoms with Gasteiger partial charge < -0.3 is 11.1 Å². The Bertz CT molecular complexity index is 646. The van der Waals surface area contributed by atoms with Crippen molar-refractivity contribution in [2.24, 2.45) is 5.73 Å². The molecule has 0 bridgehead atoms. The summed E-state index contributed by atoms with van der Waals surface area (Å²) < 4.78 is 0. The van der Waals surface area contributed by atoms with Crippen LogP contribution in [0.2, 0.25) is 5.02 Å². The van der Waals surface area contributed by atoms with E-state index in [4.69, 9.17) is 29.6 Å². The predicted molar refractivity (Wildman–Crippen MR) is 95.8 cm³/mol. The monoisotopic (exact) mass is 318 g/mol. The first-order valence-electron chi connectivity index (χ1n) is 7.04. The molecule has 0 unspecified atom stereocenters. The molecule has 0 aliphatic carbocycles. The van der Waals surface area contributed by atoms with Gasteiger partial charge in [0.25, 0.3) is 0 Å². The molecule has 0 radical (unpaired) electrons. The fourth-order valence-corrected chi connectivity index (χ4v) is 2.72. The summed E-state index contributed by atoms with van der Waals surface area (Å²) in [7, 11) is 0. The van der Waals surface area contributed by atoms with Crippen LogP contribution in [0.1, 0.15) is 30.5 Å². The Hall–Kier alpha value is -1.58. The first-order valence-corrected chi connectivity index (χ1v) is 7.82. The summed E-state index contributed by atoms with van der Waals surface area (Å²) in [6.07, 6.45) is 1.91. The number of thiocarbonyl (C=S) groups is 1. The lowest BCUT2D eigenvalue weighted by atomic mass is 10.0. The van der Waals surface area contributed by atoms with E-state index in [2.05, 4.69) is 37.4 Å². The quantitative estimate of drug-likeness (QED) is 0.774. The summed E-state index contributed by atoms with van der Waals surface area (Å²) in [6.45, 7) is 4.29. The smallest absolute Gasteiger partial charge is 0.106 e. The van der Waals surface area contributed by atoms with Crippen LogP contribution in [0.5, 0.6) is 0 Å². The number of anilines is 2. The maximum atomic E-state index is 6.11. The molecule has 0 aliphatic heterocycles. The van der Waals surface area contributed by atoms with Crippen LogP contribution in [-0.2, 0) is 12.8 Å². The summed E-state index contributed by atoms with van der Waals surface area (Å²) in [6, 6.07) is 11.9. The summed E-state index contributed by atoms with van der Waals surface area (Å²) in [5.41, 5.74) is 11.1. The fourth-order valence-electron chi connectivity index (χ4n) is 2.37. The molecule has 4 heteroatoms. The van der Waals surface area contributed by atoms with Gasteiger partial charge in [-0.1, -0.05) is 55.9 Å². The van der Waals surface area contributed by atoms with E-state index in [0.29, 0.717) is 10.0 Å². The highest BCUT2D eigenvalue weighted by Gasteiger charge is 2.11. The summed E-state index contributed by atoms with van der Waals surface area (Å²) in [5, 5.41) is 4.14.